The number of nitrogens with zero attached hydrogens (tertiary/aromatic N) is 1. The lowest BCUT2D eigenvalue weighted by atomic mass is 9.94. The first-order valence-electron chi connectivity index (χ1n) is 9.89. The van der Waals surface area contributed by atoms with Gasteiger partial charge in [-0.3, -0.25) is 4.79 Å². The minimum absolute atomic E-state index is 0.0595. The van der Waals surface area contributed by atoms with Crippen LogP contribution in [0.5, 0.6) is 11.5 Å². The summed E-state index contributed by atoms with van der Waals surface area (Å²) in [5.41, 5.74) is 0.564. The number of anilines is 1. The second-order valence-electron chi connectivity index (χ2n) is 7.77. The molecule has 1 aromatic heterocycles. The number of alkyl halides is 2. The summed E-state index contributed by atoms with van der Waals surface area (Å²) in [6.07, 6.45) is -2.66. The topological polar surface area (TPSA) is 97.8 Å². The van der Waals surface area contributed by atoms with Crippen molar-refractivity contribution in [3.05, 3.63) is 70.7 Å². The highest BCUT2D eigenvalue weighted by atomic mass is 35.5. The molecule has 1 fully saturated rings. The Morgan fingerprint density at radius 2 is 1.79 bits per heavy atom. The number of carboxylic acid groups (broad SMARTS) is 1. The van der Waals surface area contributed by atoms with E-state index in [-0.39, 0.29) is 33.8 Å². The zero-order chi connectivity index (χ0) is 23.4. The van der Waals surface area contributed by atoms with E-state index in [1.807, 2.05) is 0 Å². The van der Waals surface area contributed by atoms with Crippen molar-refractivity contribution in [3.8, 4) is 22.8 Å². The van der Waals surface area contributed by atoms with Crippen LogP contribution in [-0.2, 0) is 10.2 Å². The molecule has 2 aliphatic rings. The lowest BCUT2D eigenvalue weighted by molar-refractivity contribution is -0.286. The molecule has 0 saturated heterocycles. The van der Waals surface area contributed by atoms with Gasteiger partial charge in [-0.1, -0.05) is 29.8 Å². The van der Waals surface area contributed by atoms with Gasteiger partial charge < -0.3 is 19.9 Å². The molecule has 0 radical (unpaired) electrons. The zero-order valence-corrected chi connectivity index (χ0v) is 17.5. The molecule has 1 saturated carbocycles. The van der Waals surface area contributed by atoms with Gasteiger partial charge in [0.2, 0.25) is 5.91 Å². The van der Waals surface area contributed by atoms with Crippen LogP contribution in [0.4, 0.5) is 14.6 Å². The summed E-state index contributed by atoms with van der Waals surface area (Å²) >= 11 is 5.93. The fourth-order valence-electron chi connectivity index (χ4n) is 3.77. The Balaban J connectivity index is 1.38. The third kappa shape index (κ3) is 3.84. The lowest BCUT2D eigenvalue weighted by Crippen LogP contribution is -2.28. The molecular weight excluding hydrogens is 458 g/mol. The minimum atomic E-state index is -3.73. The van der Waals surface area contributed by atoms with Crippen LogP contribution in [0.2, 0.25) is 5.02 Å². The van der Waals surface area contributed by atoms with E-state index in [2.05, 4.69) is 19.8 Å². The van der Waals surface area contributed by atoms with Gasteiger partial charge in [-0.05, 0) is 54.8 Å². The molecule has 0 spiro atoms. The summed E-state index contributed by atoms with van der Waals surface area (Å²) in [4.78, 5) is 28.9. The van der Waals surface area contributed by atoms with E-state index in [4.69, 9.17) is 11.6 Å². The molecule has 10 heteroatoms. The molecule has 168 valence electrons. The van der Waals surface area contributed by atoms with Gasteiger partial charge >= 0.3 is 12.3 Å². The average Bonchev–Trinajstić information content (AvgIpc) is 3.51. The number of amides is 1. The normalized spacial score (nSPS) is 16.8. The Morgan fingerprint density at radius 1 is 1.03 bits per heavy atom. The highest BCUT2D eigenvalue weighted by Crippen LogP contribution is 2.52. The number of aromatic carboxylic acids is 1. The van der Waals surface area contributed by atoms with Crippen molar-refractivity contribution >= 4 is 29.3 Å². The Hall–Kier alpha value is -3.72. The van der Waals surface area contributed by atoms with Gasteiger partial charge in [0, 0.05) is 5.56 Å². The number of nitrogens with one attached hydrogen (secondary N) is 1. The van der Waals surface area contributed by atoms with Gasteiger partial charge in [-0.2, -0.15) is 0 Å². The summed E-state index contributed by atoms with van der Waals surface area (Å²) in [6, 6.07) is 13.8. The van der Waals surface area contributed by atoms with Crippen LogP contribution in [0.1, 0.15) is 28.8 Å². The van der Waals surface area contributed by atoms with E-state index >= 15 is 0 Å². The number of carboxylic acids is 1. The van der Waals surface area contributed by atoms with Crippen molar-refractivity contribution in [2.24, 2.45) is 0 Å². The first-order chi connectivity index (χ1) is 15.7. The van der Waals surface area contributed by atoms with Crippen molar-refractivity contribution in [2.45, 2.75) is 24.6 Å². The van der Waals surface area contributed by atoms with E-state index < -0.39 is 17.7 Å². The van der Waals surface area contributed by atoms with Crippen LogP contribution in [-0.4, -0.2) is 28.3 Å². The molecule has 1 amide bonds. The second-order valence-corrected chi connectivity index (χ2v) is 8.18. The molecule has 5 rings (SSSR count). The van der Waals surface area contributed by atoms with E-state index in [1.165, 1.54) is 24.3 Å². The highest BCUT2D eigenvalue weighted by Gasteiger charge is 2.53. The van der Waals surface area contributed by atoms with Crippen LogP contribution < -0.4 is 14.8 Å². The molecule has 2 N–H and O–H groups in total. The maximum Gasteiger partial charge on any atom is 0.586 e. The molecule has 3 aromatic rings. The van der Waals surface area contributed by atoms with Crippen LogP contribution >= 0.6 is 11.6 Å². The Morgan fingerprint density at radius 3 is 2.52 bits per heavy atom. The SMILES string of the molecule is O=C(O)c1cc(-c2cccc(NC(=O)C3(c4ccc5c(c4)OC(F)(F)O5)CC3)n2)ccc1Cl. The number of aromatic nitrogens is 1. The monoisotopic (exact) mass is 472 g/mol. The quantitative estimate of drug-likeness (QED) is 0.536. The first-order valence-corrected chi connectivity index (χ1v) is 10.3. The summed E-state index contributed by atoms with van der Waals surface area (Å²) in [6.45, 7) is 0. The molecule has 1 aliphatic heterocycles. The summed E-state index contributed by atoms with van der Waals surface area (Å²) in [7, 11) is 0. The smallest absolute Gasteiger partial charge is 0.478 e. The second kappa shape index (κ2) is 7.41. The van der Waals surface area contributed by atoms with Crippen LogP contribution in [0.3, 0.4) is 0 Å². The van der Waals surface area contributed by atoms with E-state index in [0.29, 0.717) is 29.7 Å². The van der Waals surface area contributed by atoms with Crippen molar-refractivity contribution in [3.63, 3.8) is 0 Å². The number of hydrogen-bond donors (Lipinski definition) is 2. The van der Waals surface area contributed by atoms with Gasteiger partial charge in [0.05, 0.1) is 21.7 Å². The predicted octanol–water partition coefficient (Wildman–Crippen LogP) is 5.09. The fourth-order valence-corrected chi connectivity index (χ4v) is 3.97. The molecule has 7 nitrogen and oxygen atoms in total. The lowest BCUT2D eigenvalue weighted by Gasteiger charge is -2.16. The standard InChI is InChI=1S/C23H15ClF2N2O5/c24-15-6-4-12(10-14(15)20(29)30)16-2-1-3-19(27-16)28-21(31)22(8-9-22)13-5-7-17-18(11-13)33-23(25,26)32-17/h1-7,10-11H,8-9H2,(H,29,30)(H,27,28,31). The number of benzene rings is 2. The summed E-state index contributed by atoms with van der Waals surface area (Å²) in [5.74, 6) is -1.43. The van der Waals surface area contributed by atoms with Gasteiger partial charge in [0.1, 0.15) is 5.82 Å². The number of hydrogen-bond acceptors (Lipinski definition) is 5. The van der Waals surface area contributed by atoms with E-state index in [1.54, 1.807) is 30.3 Å². The van der Waals surface area contributed by atoms with Gasteiger partial charge in [0.15, 0.2) is 11.5 Å². The molecule has 0 unspecified atom stereocenters. The molecule has 33 heavy (non-hydrogen) atoms. The molecule has 2 heterocycles. The van der Waals surface area contributed by atoms with Gasteiger partial charge in [0.25, 0.3) is 0 Å². The highest BCUT2D eigenvalue weighted by molar-refractivity contribution is 6.33. The van der Waals surface area contributed by atoms with E-state index in [0.717, 1.165) is 0 Å². The molecule has 0 bridgehead atoms. The van der Waals surface area contributed by atoms with Crippen LogP contribution in [0.25, 0.3) is 11.3 Å². The minimum Gasteiger partial charge on any atom is -0.478 e. The Bertz CT molecular complexity index is 1310. The third-order valence-corrected chi connectivity index (χ3v) is 5.95. The van der Waals surface area contributed by atoms with Gasteiger partial charge in [-0.25, -0.2) is 9.78 Å². The van der Waals surface area contributed by atoms with Gasteiger partial charge in [-0.15, -0.1) is 8.78 Å². The molecule has 0 atom stereocenters. The number of ether oxygens (including phenoxy) is 2. The van der Waals surface area contributed by atoms with Crippen LogP contribution in [0.15, 0.2) is 54.6 Å². The predicted molar refractivity (Wildman–Crippen MR) is 114 cm³/mol. The first kappa shape index (κ1) is 21.1. The number of rotatable bonds is 5. The average molecular weight is 473 g/mol. The number of carbonyl (C=O) groups excluding carboxylic acids is 1. The summed E-state index contributed by atoms with van der Waals surface area (Å²) < 4.78 is 35.6. The number of halogens is 3. The van der Waals surface area contributed by atoms with Crippen molar-refractivity contribution in [2.75, 3.05) is 5.32 Å². The molecular formula is C23H15ClF2N2O5. The zero-order valence-electron chi connectivity index (χ0n) is 16.8. The maximum atomic E-state index is 13.3. The third-order valence-electron chi connectivity index (χ3n) is 5.62. The van der Waals surface area contributed by atoms with Crippen molar-refractivity contribution in [1.82, 2.24) is 4.98 Å². The number of pyridine rings is 1. The maximum absolute atomic E-state index is 13.3. The molecule has 1 aliphatic carbocycles. The Labute approximate surface area is 190 Å². The van der Waals surface area contributed by atoms with Crippen molar-refractivity contribution < 1.29 is 33.0 Å². The van der Waals surface area contributed by atoms with E-state index in [9.17, 15) is 23.5 Å². The van der Waals surface area contributed by atoms with Crippen molar-refractivity contribution in [1.29, 1.82) is 0 Å². The summed E-state index contributed by atoms with van der Waals surface area (Å²) in [5, 5.41) is 12.2. The largest absolute Gasteiger partial charge is 0.586 e. The number of fused-ring (bicyclic) bond motifs is 1. The number of carbonyl (C=O) groups is 2. The molecule has 2 aromatic carbocycles. The Kier molecular flexibility index (Phi) is 4.75. The fraction of sp³-hybridized carbons (Fsp3) is 0.174. The van der Waals surface area contributed by atoms with Crippen LogP contribution in [0, 0.1) is 0 Å².